The van der Waals surface area contributed by atoms with Crippen LogP contribution in [0.5, 0.6) is 0 Å². The van der Waals surface area contributed by atoms with Crippen molar-refractivity contribution >= 4 is 0 Å². The SMILES string of the molecule is CCN1CCC[C@@H](CN(C)Cc2cnn(C(C)(C)C)c2)[C@@H]1c1cnn(C)c1. The zero-order valence-corrected chi connectivity index (χ0v) is 17.9. The molecule has 0 bridgehead atoms. The summed E-state index contributed by atoms with van der Waals surface area (Å²) in [6.07, 6.45) is 11.0. The summed E-state index contributed by atoms with van der Waals surface area (Å²) in [5, 5.41) is 8.98. The molecule has 0 saturated carbocycles. The van der Waals surface area contributed by atoms with Gasteiger partial charge < -0.3 is 4.90 Å². The quantitative estimate of drug-likeness (QED) is 0.780. The summed E-state index contributed by atoms with van der Waals surface area (Å²) in [5.41, 5.74) is 2.68. The zero-order valence-electron chi connectivity index (χ0n) is 17.9. The molecule has 2 aromatic heterocycles. The van der Waals surface area contributed by atoms with Crippen molar-refractivity contribution in [2.24, 2.45) is 13.0 Å². The molecule has 2 atom stereocenters. The minimum absolute atomic E-state index is 0.0349. The number of hydrogen-bond donors (Lipinski definition) is 0. The lowest BCUT2D eigenvalue weighted by molar-refractivity contribution is 0.0749. The van der Waals surface area contributed by atoms with Gasteiger partial charge in [-0.1, -0.05) is 6.92 Å². The van der Waals surface area contributed by atoms with Gasteiger partial charge in [-0.3, -0.25) is 14.3 Å². The lowest BCUT2D eigenvalue weighted by Gasteiger charge is -2.42. The van der Waals surface area contributed by atoms with Crippen LogP contribution in [0.15, 0.2) is 24.8 Å². The number of aromatic nitrogens is 4. The van der Waals surface area contributed by atoms with Gasteiger partial charge in [-0.05, 0) is 59.7 Å². The molecule has 1 saturated heterocycles. The van der Waals surface area contributed by atoms with Gasteiger partial charge in [0.1, 0.15) is 0 Å². The van der Waals surface area contributed by atoms with Gasteiger partial charge >= 0.3 is 0 Å². The predicted octanol–water partition coefficient (Wildman–Crippen LogP) is 3.28. The topological polar surface area (TPSA) is 42.1 Å². The molecule has 0 spiro atoms. The maximum absolute atomic E-state index is 4.55. The summed E-state index contributed by atoms with van der Waals surface area (Å²) in [6, 6.07) is 0.470. The van der Waals surface area contributed by atoms with E-state index in [1.54, 1.807) is 0 Å². The molecule has 0 unspecified atom stereocenters. The van der Waals surface area contributed by atoms with Gasteiger partial charge in [0.25, 0.3) is 0 Å². The Hall–Kier alpha value is -1.66. The summed E-state index contributed by atoms with van der Waals surface area (Å²) < 4.78 is 3.99. The molecule has 0 N–H and O–H groups in total. The molecule has 0 radical (unpaired) electrons. The van der Waals surface area contributed by atoms with Crippen LogP contribution >= 0.6 is 0 Å². The van der Waals surface area contributed by atoms with E-state index in [0.29, 0.717) is 12.0 Å². The van der Waals surface area contributed by atoms with E-state index < -0.39 is 0 Å². The van der Waals surface area contributed by atoms with Crippen LogP contribution in [0.3, 0.4) is 0 Å². The fourth-order valence-electron chi connectivity index (χ4n) is 4.36. The molecule has 2 aromatic rings. The highest BCUT2D eigenvalue weighted by atomic mass is 15.3. The Labute approximate surface area is 164 Å². The molecule has 3 rings (SSSR count). The van der Waals surface area contributed by atoms with Crippen LogP contribution in [0.2, 0.25) is 0 Å². The maximum atomic E-state index is 4.55. The largest absolute Gasteiger partial charge is 0.302 e. The van der Waals surface area contributed by atoms with Gasteiger partial charge in [-0.15, -0.1) is 0 Å². The molecule has 150 valence electrons. The summed E-state index contributed by atoms with van der Waals surface area (Å²) in [6.45, 7) is 13.2. The second kappa shape index (κ2) is 8.15. The fraction of sp³-hybridized carbons (Fsp3) is 0.714. The van der Waals surface area contributed by atoms with Gasteiger partial charge in [-0.25, -0.2) is 0 Å². The van der Waals surface area contributed by atoms with Gasteiger partial charge in [0, 0.05) is 49.7 Å². The van der Waals surface area contributed by atoms with Crippen molar-refractivity contribution < 1.29 is 0 Å². The third-order valence-corrected chi connectivity index (χ3v) is 5.65. The highest BCUT2D eigenvalue weighted by Gasteiger charge is 2.33. The van der Waals surface area contributed by atoms with Crippen molar-refractivity contribution in [3.8, 4) is 0 Å². The van der Waals surface area contributed by atoms with Crippen molar-refractivity contribution in [3.63, 3.8) is 0 Å². The van der Waals surface area contributed by atoms with Gasteiger partial charge in [0.05, 0.1) is 17.9 Å². The third kappa shape index (κ3) is 4.79. The minimum atomic E-state index is 0.0349. The van der Waals surface area contributed by atoms with E-state index in [9.17, 15) is 0 Å². The van der Waals surface area contributed by atoms with E-state index in [1.807, 2.05) is 17.9 Å². The first kappa shape index (κ1) is 20.1. The van der Waals surface area contributed by atoms with Crippen molar-refractivity contribution in [2.45, 2.75) is 58.7 Å². The summed E-state index contributed by atoms with van der Waals surface area (Å²) >= 11 is 0. The molecule has 6 nitrogen and oxygen atoms in total. The Balaban J connectivity index is 1.69. The van der Waals surface area contributed by atoms with Crippen LogP contribution in [0.25, 0.3) is 0 Å². The van der Waals surface area contributed by atoms with Gasteiger partial charge in [0.2, 0.25) is 0 Å². The fourth-order valence-corrected chi connectivity index (χ4v) is 4.36. The van der Waals surface area contributed by atoms with Crippen molar-refractivity contribution in [1.29, 1.82) is 0 Å². The molecular weight excluding hydrogens is 336 g/mol. The third-order valence-electron chi connectivity index (χ3n) is 5.65. The van der Waals surface area contributed by atoms with Crippen molar-refractivity contribution in [2.75, 3.05) is 26.7 Å². The van der Waals surface area contributed by atoms with E-state index in [0.717, 1.165) is 19.6 Å². The first-order valence-electron chi connectivity index (χ1n) is 10.2. The first-order chi connectivity index (χ1) is 12.8. The van der Waals surface area contributed by atoms with E-state index in [-0.39, 0.29) is 5.54 Å². The van der Waals surface area contributed by atoms with Crippen LogP contribution in [0.4, 0.5) is 0 Å². The average molecular weight is 373 g/mol. The van der Waals surface area contributed by atoms with Crippen molar-refractivity contribution in [1.82, 2.24) is 29.4 Å². The van der Waals surface area contributed by atoms with Crippen LogP contribution in [0.1, 0.15) is 57.7 Å². The zero-order chi connectivity index (χ0) is 19.6. The monoisotopic (exact) mass is 372 g/mol. The predicted molar refractivity (Wildman–Crippen MR) is 109 cm³/mol. The lowest BCUT2D eigenvalue weighted by Crippen LogP contribution is -2.42. The molecule has 0 aromatic carbocycles. The molecule has 6 heteroatoms. The molecule has 0 amide bonds. The summed E-state index contributed by atoms with van der Waals surface area (Å²) in [4.78, 5) is 5.08. The number of rotatable bonds is 6. The molecule has 1 aliphatic heterocycles. The number of hydrogen-bond acceptors (Lipinski definition) is 4. The van der Waals surface area contributed by atoms with E-state index in [4.69, 9.17) is 0 Å². The summed E-state index contributed by atoms with van der Waals surface area (Å²) in [7, 11) is 4.25. The maximum Gasteiger partial charge on any atom is 0.0543 e. The van der Waals surface area contributed by atoms with Gasteiger partial charge in [-0.2, -0.15) is 10.2 Å². The molecular formula is C21H36N6. The van der Waals surface area contributed by atoms with E-state index in [1.165, 1.54) is 30.5 Å². The average Bonchev–Trinajstić information content (AvgIpc) is 3.23. The van der Waals surface area contributed by atoms with E-state index in [2.05, 4.69) is 78.0 Å². The van der Waals surface area contributed by atoms with Crippen LogP contribution < -0.4 is 0 Å². The smallest absolute Gasteiger partial charge is 0.0543 e. The van der Waals surface area contributed by atoms with E-state index >= 15 is 0 Å². The Morgan fingerprint density at radius 1 is 1.19 bits per heavy atom. The Morgan fingerprint density at radius 3 is 2.56 bits per heavy atom. The standard InChI is InChI=1S/C21H36N6/c1-7-26-10-8-9-18(20(26)19-12-22-25(6)16-19)15-24(5)13-17-11-23-27(14-17)21(2,3)4/h11-12,14,16,18,20H,7-10,13,15H2,1-6H3/t18-,20+/m0/s1. The van der Waals surface area contributed by atoms with Gasteiger partial charge in [0.15, 0.2) is 0 Å². The molecule has 3 heterocycles. The number of likely N-dealkylation sites (tertiary alicyclic amines) is 1. The molecule has 27 heavy (non-hydrogen) atoms. The highest BCUT2D eigenvalue weighted by Crippen LogP contribution is 2.36. The number of nitrogens with zero attached hydrogens (tertiary/aromatic N) is 6. The number of aryl methyl sites for hydroxylation is 1. The second-order valence-electron chi connectivity index (χ2n) is 9.08. The molecule has 1 aliphatic rings. The highest BCUT2D eigenvalue weighted by molar-refractivity contribution is 5.14. The van der Waals surface area contributed by atoms with Crippen LogP contribution in [-0.4, -0.2) is 56.0 Å². The Morgan fingerprint density at radius 2 is 1.96 bits per heavy atom. The Bertz CT molecular complexity index is 725. The second-order valence-corrected chi connectivity index (χ2v) is 9.08. The first-order valence-corrected chi connectivity index (χ1v) is 10.2. The minimum Gasteiger partial charge on any atom is -0.302 e. The van der Waals surface area contributed by atoms with Crippen LogP contribution in [-0.2, 0) is 19.1 Å². The lowest BCUT2D eigenvalue weighted by atomic mass is 9.85. The number of piperidine rings is 1. The molecule has 1 fully saturated rings. The summed E-state index contributed by atoms with van der Waals surface area (Å²) in [5.74, 6) is 0.630. The van der Waals surface area contributed by atoms with Crippen LogP contribution in [0, 0.1) is 5.92 Å². The Kier molecular flexibility index (Phi) is 6.06. The molecule has 0 aliphatic carbocycles. The normalized spacial score (nSPS) is 21.9. The van der Waals surface area contributed by atoms with Crippen molar-refractivity contribution in [3.05, 3.63) is 35.9 Å².